The summed E-state index contributed by atoms with van der Waals surface area (Å²) >= 11 is 0. The number of likely N-dealkylation sites (N-methyl/N-ethyl adjacent to an activating group) is 2. The molecule has 1 aromatic rings. The van der Waals surface area contributed by atoms with E-state index in [1.807, 2.05) is 26.0 Å². The van der Waals surface area contributed by atoms with Crippen LogP contribution in [0.15, 0.2) is 24.3 Å². The molecule has 4 amide bonds. The molecule has 4 atom stereocenters. The van der Waals surface area contributed by atoms with Crippen LogP contribution in [0.3, 0.4) is 0 Å². The molecule has 0 aliphatic rings. The maximum atomic E-state index is 13.0. The number of anilines is 1. The highest BCUT2D eigenvalue weighted by Crippen LogP contribution is 2.16. The largest absolute Gasteiger partial charge is 0.481 e. The normalized spacial score (nSPS) is 14.4. The fourth-order valence-corrected chi connectivity index (χ4v) is 3.88. The molecule has 0 radical (unpaired) electrons. The van der Waals surface area contributed by atoms with Crippen LogP contribution >= 0.6 is 0 Å². The van der Waals surface area contributed by atoms with Gasteiger partial charge in [-0.1, -0.05) is 32.9 Å². The molecule has 202 valence electrons. The predicted molar refractivity (Wildman–Crippen MR) is 139 cm³/mol. The second-order valence-electron chi connectivity index (χ2n) is 9.36. The zero-order valence-electron chi connectivity index (χ0n) is 21.9. The molecule has 36 heavy (non-hydrogen) atoms. The van der Waals surface area contributed by atoms with Crippen molar-refractivity contribution in [2.75, 3.05) is 26.0 Å². The summed E-state index contributed by atoms with van der Waals surface area (Å²) in [7, 11) is 3.50. The number of benzene rings is 1. The molecule has 0 saturated heterocycles. The Bertz CT molecular complexity index is 861. The molecule has 11 heteroatoms. The van der Waals surface area contributed by atoms with Gasteiger partial charge in [0.05, 0.1) is 12.0 Å². The average Bonchev–Trinajstić information content (AvgIpc) is 2.81. The monoisotopic (exact) mass is 506 g/mol. The van der Waals surface area contributed by atoms with Gasteiger partial charge in [-0.2, -0.15) is 0 Å². The van der Waals surface area contributed by atoms with Gasteiger partial charge in [-0.3, -0.25) is 14.4 Å². The molecule has 0 fully saturated rings. The number of carboxylic acid groups (broad SMARTS) is 1. The fourth-order valence-electron chi connectivity index (χ4n) is 3.88. The predicted octanol–water partition coefficient (Wildman–Crippen LogP) is 1.04. The summed E-state index contributed by atoms with van der Waals surface area (Å²) in [5.41, 5.74) is 6.67. The van der Waals surface area contributed by atoms with E-state index in [0.717, 1.165) is 5.56 Å². The van der Waals surface area contributed by atoms with E-state index in [2.05, 4.69) is 26.6 Å². The number of primary amides is 1. The van der Waals surface area contributed by atoms with Crippen molar-refractivity contribution in [1.82, 2.24) is 21.3 Å². The minimum atomic E-state index is -0.824. The summed E-state index contributed by atoms with van der Waals surface area (Å²) in [5, 5.41) is 23.4. The SMILES string of the molecule is CN[C@@H](Cc1ccc(NC(=O)[C@H](CCCNC(N)=O)NC(=O)[C@@H](NC)C(C)C)cc1)C[C@H](C)C(=O)O. The first-order chi connectivity index (χ1) is 17.0. The van der Waals surface area contributed by atoms with E-state index >= 15 is 0 Å². The van der Waals surface area contributed by atoms with E-state index in [0.29, 0.717) is 31.4 Å². The molecule has 11 nitrogen and oxygen atoms in total. The van der Waals surface area contributed by atoms with Gasteiger partial charge in [-0.05, 0) is 63.4 Å². The molecule has 0 aromatic heterocycles. The van der Waals surface area contributed by atoms with Gasteiger partial charge in [-0.25, -0.2) is 4.79 Å². The van der Waals surface area contributed by atoms with E-state index in [9.17, 15) is 19.2 Å². The molecule has 0 aliphatic carbocycles. The third-order valence-corrected chi connectivity index (χ3v) is 6.03. The van der Waals surface area contributed by atoms with Crippen molar-refractivity contribution in [3.05, 3.63) is 29.8 Å². The van der Waals surface area contributed by atoms with Crippen molar-refractivity contribution in [3.63, 3.8) is 0 Å². The molecule has 1 aromatic carbocycles. The molecule has 0 bridgehead atoms. The van der Waals surface area contributed by atoms with Crippen LogP contribution in [0.4, 0.5) is 10.5 Å². The minimum Gasteiger partial charge on any atom is -0.481 e. The third kappa shape index (κ3) is 11.0. The lowest BCUT2D eigenvalue weighted by molar-refractivity contribution is -0.141. The lowest BCUT2D eigenvalue weighted by atomic mass is 9.96. The number of nitrogens with one attached hydrogen (secondary N) is 5. The van der Waals surface area contributed by atoms with E-state index in [1.165, 1.54) is 0 Å². The lowest BCUT2D eigenvalue weighted by Crippen LogP contribution is -2.52. The summed E-state index contributed by atoms with van der Waals surface area (Å²) in [5.74, 6) is -1.89. The van der Waals surface area contributed by atoms with Crippen LogP contribution in [-0.2, 0) is 20.8 Å². The van der Waals surface area contributed by atoms with Crippen molar-refractivity contribution in [2.45, 2.75) is 64.6 Å². The number of carboxylic acids is 1. The number of carbonyl (C=O) groups is 4. The van der Waals surface area contributed by atoms with E-state index in [4.69, 9.17) is 10.8 Å². The summed E-state index contributed by atoms with van der Waals surface area (Å²) < 4.78 is 0. The van der Waals surface area contributed by atoms with E-state index < -0.39 is 30.0 Å². The van der Waals surface area contributed by atoms with Gasteiger partial charge in [-0.15, -0.1) is 0 Å². The fraction of sp³-hybridized carbons (Fsp3) is 0.600. The lowest BCUT2D eigenvalue weighted by Gasteiger charge is -2.24. The van der Waals surface area contributed by atoms with Crippen molar-refractivity contribution in [2.24, 2.45) is 17.6 Å². The van der Waals surface area contributed by atoms with Gasteiger partial charge in [0.25, 0.3) is 0 Å². The number of hydrogen-bond donors (Lipinski definition) is 7. The molecular formula is C25H42N6O5. The van der Waals surface area contributed by atoms with Crippen LogP contribution in [0, 0.1) is 11.8 Å². The Balaban J connectivity index is 2.84. The van der Waals surface area contributed by atoms with Gasteiger partial charge in [0.15, 0.2) is 0 Å². The van der Waals surface area contributed by atoms with Crippen LogP contribution in [-0.4, -0.2) is 67.7 Å². The molecule has 0 unspecified atom stereocenters. The molecule has 0 saturated carbocycles. The summed E-state index contributed by atoms with van der Waals surface area (Å²) in [6.45, 7) is 5.80. The topological polar surface area (TPSA) is 175 Å². The van der Waals surface area contributed by atoms with Crippen LogP contribution in [0.2, 0.25) is 0 Å². The molecule has 8 N–H and O–H groups in total. The molecule has 0 aliphatic heterocycles. The number of nitrogens with two attached hydrogens (primary N) is 1. The summed E-state index contributed by atoms with van der Waals surface area (Å²) in [6.07, 6.45) is 1.91. The molecule has 1 rings (SSSR count). The summed E-state index contributed by atoms with van der Waals surface area (Å²) in [6, 6.07) is 5.42. The first kappa shape index (κ1) is 30.9. The van der Waals surface area contributed by atoms with Crippen LogP contribution in [0.1, 0.15) is 45.6 Å². The van der Waals surface area contributed by atoms with E-state index in [-0.39, 0.29) is 30.3 Å². The first-order valence-electron chi connectivity index (χ1n) is 12.3. The number of carbonyl (C=O) groups excluding carboxylic acids is 3. The maximum Gasteiger partial charge on any atom is 0.312 e. The number of rotatable bonds is 16. The highest BCUT2D eigenvalue weighted by atomic mass is 16.4. The van der Waals surface area contributed by atoms with Crippen LogP contribution < -0.4 is 32.3 Å². The number of aliphatic carboxylic acids is 1. The number of hydrogen-bond acceptors (Lipinski definition) is 6. The second kappa shape index (κ2) is 15.7. The Labute approximate surface area is 213 Å². The summed E-state index contributed by atoms with van der Waals surface area (Å²) in [4.78, 5) is 47.8. The minimum absolute atomic E-state index is 0.00576. The van der Waals surface area contributed by atoms with Crippen molar-refractivity contribution < 1.29 is 24.3 Å². The Kier molecular flexibility index (Phi) is 13.5. The van der Waals surface area contributed by atoms with Gasteiger partial charge < -0.3 is 37.4 Å². The van der Waals surface area contributed by atoms with Crippen molar-refractivity contribution >= 4 is 29.5 Å². The van der Waals surface area contributed by atoms with Crippen molar-refractivity contribution in [3.8, 4) is 0 Å². The van der Waals surface area contributed by atoms with Gasteiger partial charge in [0.1, 0.15) is 6.04 Å². The standard InChI is InChI=1S/C25H42N6O5/c1-15(2)21(28-5)23(33)31-20(7-6-12-29-25(26)36)22(32)30-18-10-8-17(9-11-18)14-19(27-4)13-16(3)24(34)35/h8-11,15-16,19-21,27-28H,6-7,12-14H2,1-5H3,(H,30,32)(H,31,33)(H,34,35)(H3,26,29,36)/t16-,19+,20-,21-/m0/s1. The molecule has 0 heterocycles. The Hall–Kier alpha value is -3.18. The number of urea groups is 1. The van der Waals surface area contributed by atoms with Gasteiger partial charge in [0, 0.05) is 18.3 Å². The Morgan fingerprint density at radius 1 is 0.972 bits per heavy atom. The maximum absolute atomic E-state index is 13.0. The van der Waals surface area contributed by atoms with Crippen LogP contribution in [0.25, 0.3) is 0 Å². The Morgan fingerprint density at radius 3 is 2.11 bits per heavy atom. The number of amides is 4. The van der Waals surface area contributed by atoms with Crippen molar-refractivity contribution in [1.29, 1.82) is 0 Å². The van der Waals surface area contributed by atoms with E-state index in [1.54, 1.807) is 33.2 Å². The highest BCUT2D eigenvalue weighted by Gasteiger charge is 2.26. The quantitative estimate of drug-likeness (QED) is 0.164. The molecule has 0 spiro atoms. The second-order valence-corrected chi connectivity index (χ2v) is 9.36. The highest BCUT2D eigenvalue weighted by molar-refractivity contribution is 5.97. The van der Waals surface area contributed by atoms with Gasteiger partial charge >= 0.3 is 12.0 Å². The first-order valence-corrected chi connectivity index (χ1v) is 12.3. The zero-order chi connectivity index (χ0) is 27.3. The Morgan fingerprint density at radius 2 is 1.61 bits per heavy atom. The van der Waals surface area contributed by atoms with Crippen LogP contribution in [0.5, 0.6) is 0 Å². The molecular weight excluding hydrogens is 464 g/mol. The zero-order valence-corrected chi connectivity index (χ0v) is 21.9. The average molecular weight is 507 g/mol. The van der Waals surface area contributed by atoms with Gasteiger partial charge in [0.2, 0.25) is 11.8 Å². The third-order valence-electron chi connectivity index (χ3n) is 6.03. The smallest absolute Gasteiger partial charge is 0.312 e.